The van der Waals surface area contributed by atoms with Crippen LogP contribution in [0.25, 0.3) is 0 Å². The molecular formula is C13H22N2O3. The zero-order valence-corrected chi connectivity index (χ0v) is 11.4. The normalized spacial score (nSPS) is 32.3. The van der Waals surface area contributed by atoms with Gasteiger partial charge in [-0.05, 0) is 39.5 Å². The Labute approximate surface area is 108 Å². The van der Waals surface area contributed by atoms with Crippen LogP contribution in [0, 0.1) is 0 Å². The number of hydrogen-bond donors (Lipinski definition) is 1. The maximum absolute atomic E-state index is 12.1. The molecule has 1 saturated heterocycles. The fourth-order valence-corrected chi connectivity index (χ4v) is 3.11. The van der Waals surface area contributed by atoms with Gasteiger partial charge in [0.1, 0.15) is 5.54 Å². The van der Waals surface area contributed by atoms with Crippen molar-refractivity contribution in [1.82, 2.24) is 10.2 Å². The number of amides is 2. The summed E-state index contributed by atoms with van der Waals surface area (Å²) in [6.45, 7) is 3.75. The van der Waals surface area contributed by atoms with Gasteiger partial charge in [-0.2, -0.15) is 0 Å². The summed E-state index contributed by atoms with van der Waals surface area (Å²) in [6, 6.07) is 0.122. The van der Waals surface area contributed by atoms with E-state index in [0.717, 1.165) is 25.7 Å². The molecule has 1 N–H and O–H groups in total. The first kappa shape index (κ1) is 13.3. The van der Waals surface area contributed by atoms with Gasteiger partial charge in [0.2, 0.25) is 11.8 Å². The van der Waals surface area contributed by atoms with Crippen LogP contribution in [0.15, 0.2) is 0 Å². The second kappa shape index (κ2) is 4.88. The lowest BCUT2D eigenvalue weighted by Gasteiger charge is -2.47. The summed E-state index contributed by atoms with van der Waals surface area (Å²) in [4.78, 5) is 25.8. The minimum atomic E-state index is -0.754. The monoisotopic (exact) mass is 254 g/mol. The Kier molecular flexibility index (Phi) is 3.61. The van der Waals surface area contributed by atoms with Crippen molar-refractivity contribution >= 4 is 11.8 Å². The number of piperazine rings is 1. The van der Waals surface area contributed by atoms with Crippen LogP contribution in [-0.4, -0.2) is 48.1 Å². The first-order chi connectivity index (χ1) is 8.46. The summed E-state index contributed by atoms with van der Waals surface area (Å²) >= 11 is 0. The van der Waals surface area contributed by atoms with Crippen LogP contribution in [0.5, 0.6) is 0 Å². The number of nitrogens with one attached hydrogen (secondary N) is 1. The largest absolute Gasteiger partial charge is 0.381 e. The maximum atomic E-state index is 12.1. The van der Waals surface area contributed by atoms with Gasteiger partial charge in [-0.3, -0.25) is 9.59 Å². The van der Waals surface area contributed by atoms with Gasteiger partial charge in [0.05, 0.1) is 12.6 Å². The first-order valence-electron chi connectivity index (χ1n) is 6.60. The number of nitrogens with zero attached hydrogens (tertiary/aromatic N) is 1. The van der Waals surface area contributed by atoms with Crippen molar-refractivity contribution < 1.29 is 14.3 Å². The molecule has 0 aromatic heterocycles. The third kappa shape index (κ3) is 2.23. The highest BCUT2D eigenvalue weighted by molar-refractivity contribution is 5.97. The zero-order valence-electron chi connectivity index (χ0n) is 11.4. The summed E-state index contributed by atoms with van der Waals surface area (Å²) in [5.74, 6) is -0.0528. The zero-order chi connectivity index (χ0) is 13.3. The molecule has 1 heterocycles. The van der Waals surface area contributed by atoms with Crippen molar-refractivity contribution in [3.63, 3.8) is 0 Å². The average molecular weight is 254 g/mol. The number of hydrogen-bond acceptors (Lipinski definition) is 3. The van der Waals surface area contributed by atoms with Crippen LogP contribution in [0.3, 0.4) is 0 Å². The van der Waals surface area contributed by atoms with Gasteiger partial charge in [0.15, 0.2) is 0 Å². The van der Waals surface area contributed by atoms with Crippen LogP contribution in [-0.2, 0) is 14.3 Å². The van der Waals surface area contributed by atoms with Gasteiger partial charge in [-0.25, -0.2) is 0 Å². The highest BCUT2D eigenvalue weighted by atomic mass is 16.5. The van der Waals surface area contributed by atoms with E-state index >= 15 is 0 Å². The van der Waals surface area contributed by atoms with Crippen molar-refractivity contribution in [2.75, 3.05) is 13.7 Å². The van der Waals surface area contributed by atoms with Crippen LogP contribution in [0.1, 0.15) is 39.5 Å². The number of rotatable bonds is 2. The van der Waals surface area contributed by atoms with Gasteiger partial charge < -0.3 is 15.0 Å². The van der Waals surface area contributed by atoms with Gasteiger partial charge in [-0.1, -0.05) is 0 Å². The molecule has 0 radical (unpaired) electrons. The Morgan fingerprint density at radius 1 is 1.33 bits per heavy atom. The summed E-state index contributed by atoms with van der Waals surface area (Å²) < 4.78 is 5.40. The molecule has 102 valence electrons. The van der Waals surface area contributed by atoms with E-state index in [2.05, 4.69) is 5.32 Å². The van der Waals surface area contributed by atoms with Crippen molar-refractivity contribution in [2.45, 2.75) is 57.2 Å². The summed E-state index contributed by atoms with van der Waals surface area (Å²) in [6.07, 6.45) is 4.09. The van der Waals surface area contributed by atoms with Crippen molar-refractivity contribution in [3.05, 3.63) is 0 Å². The molecule has 1 aliphatic carbocycles. The molecule has 0 aromatic rings. The molecule has 2 aliphatic rings. The van der Waals surface area contributed by atoms with E-state index in [1.807, 2.05) is 13.8 Å². The van der Waals surface area contributed by atoms with Gasteiger partial charge in [0.25, 0.3) is 0 Å². The molecule has 1 saturated carbocycles. The van der Waals surface area contributed by atoms with E-state index in [-0.39, 0.29) is 30.5 Å². The van der Waals surface area contributed by atoms with E-state index in [9.17, 15) is 9.59 Å². The average Bonchev–Trinajstić information content (AvgIpc) is 2.34. The number of carbonyl (C=O) groups excluding carboxylic acids is 2. The van der Waals surface area contributed by atoms with Gasteiger partial charge >= 0.3 is 0 Å². The van der Waals surface area contributed by atoms with E-state index in [1.165, 1.54) is 0 Å². The molecule has 5 heteroatoms. The molecule has 0 aromatic carbocycles. The molecule has 18 heavy (non-hydrogen) atoms. The van der Waals surface area contributed by atoms with E-state index < -0.39 is 5.54 Å². The molecule has 2 rings (SSSR count). The molecule has 2 atom stereocenters. The fraction of sp³-hybridized carbons (Fsp3) is 0.846. The molecule has 5 nitrogen and oxygen atoms in total. The lowest BCUT2D eigenvalue weighted by atomic mass is 9.87. The molecule has 2 unspecified atom stereocenters. The minimum absolute atomic E-state index is 0.0151. The summed E-state index contributed by atoms with van der Waals surface area (Å²) in [5.41, 5.74) is -0.754. The topological polar surface area (TPSA) is 58.6 Å². The Bertz CT molecular complexity index is 354. The van der Waals surface area contributed by atoms with Crippen LogP contribution < -0.4 is 5.32 Å². The first-order valence-corrected chi connectivity index (χ1v) is 6.60. The second-order valence-electron chi connectivity index (χ2n) is 5.68. The quantitative estimate of drug-likeness (QED) is 0.788. The predicted octanol–water partition coefficient (Wildman–Crippen LogP) is 0.681. The second-order valence-corrected chi connectivity index (χ2v) is 5.68. The standard InChI is InChI=1S/C13H22N2O3/c1-13(2)12(17)14-8-11(16)15(13)9-5-4-6-10(7-9)18-3/h9-10H,4-8H2,1-3H3,(H,14,17). The van der Waals surface area contributed by atoms with Crippen molar-refractivity contribution in [1.29, 1.82) is 0 Å². The minimum Gasteiger partial charge on any atom is -0.381 e. The van der Waals surface area contributed by atoms with Crippen molar-refractivity contribution in [2.24, 2.45) is 0 Å². The Balaban J connectivity index is 2.18. The highest BCUT2D eigenvalue weighted by Crippen LogP contribution is 2.31. The third-order valence-corrected chi connectivity index (χ3v) is 4.12. The molecular weight excluding hydrogens is 232 g/mol. The number of ether oxygens (including phenoxy) is 1. The Hall–Kier alpha value is -1.10. The number of methoxy groups -OCH3 is 1. The smallest absolute Gasteiger partial charge is 0.245 e. The number of carbonyl (C=O) groups is 2. The van der Waals surface area contributed by atoms with E-state index in [4.69, 9.17) is 4.74 Å². The van der Waals surface area contributed by atoms with E-state index in [0.29, 0.717) is 0 Å². The molecule has 1 aliphatic heterocycles. The Morgan fingerprint density at radius 3 is 2.72 bits per heavy atom. The molecule has 2 amide bonds. The predicted molar refractivity (Wildman–Crippen MR) is 67.0 cm³/mol. The Morgan fingerprint density at radius 2 is 2.06 bits per heavy atom. The third-order valence-electron chi connectivity index (χ3n) is 4.12. The van der Waals surface area contributed by atoms with Crippen molar-refractivity contribution in [3.8, 4) is 0 Å². The van der Waals surface area contributed by atoms with Crippen LogP contribution in [0.2, 0.25) is 0 Å². The maximum Gasteiger partial charge on any atom is 0.245 e. The summed E-state index contributed by atoms with van der Waals surface area (Å²) in [7, 11) is 1.71. The van der Waals surface area contributed by atoms with Gasteiger partial charge in [-0.15, -0.1) is 0 Å². The lowest BCUT2D eigenvalue weighted by molar-refractivity contribution is -0.156. The van der Waals surface area contributed by atoms with Gasteiger partial charge in [0, 0.05) is 13.2 Å². The van der Waals surface area contributed by atoms with Crippen LogP contribution >= 0.6 is 0 Å². The van der Waals surface area contributed by atoms with E-state index in [1.54, 1.807) is 12.0 Å². The molecule has 0 spiro atoms. The molecule has 2 fully saturated rings. The summed E-state index contributed by atoms with van der Waals surface area (Å²) in [5, 5.41) is 2.65. The SMILES string of the molecule is COC1CCCC(N2C(=O)CNC(=O)C2(C)C)C1. The lowest BCUT2D eigenvalue weighted by Crippen LogP contribution is -2.67. The molecule has 0 bridgehead atoms. The highest BCUT2D eigenvalue weighted by Gasteiger charge is 2.45. The fourth-order valence-electron chi connectivity index (χ4n) is 3.11. The van der Waals surface area contributed by atoms with Crippen LogP contribution in [0.4, 0.5) is 0 Å².